The first-order valence-corrected chi connectivity index (χ1v) is 8.53. The van der Waals surface area contributed by atoms with Gasteiger partial charge in [-0.15, -0.1) is 0 Å². The molecule has 6 heteroatoms. The number of nitrogens with zero attached hydrogens (tertiary/aromatic N) is 2. The molecule has 1 aromatic carbocycles. The van der Waals surface area contributed by atoms with Crippen molar-refractivity contribution in [3.8, 4) is 17.2 Å². The van der Waals surface area contributed by atoms with Gasteiger partial charge >= 0.3 is 0 Å². The lowest BCUT2D eigenvalue weighted by atomic mass is 10.0. The van der Waals surface area contributed by atoms with Crippen LogP contribution in [0.2, 0.25) is 0 Å². The van der Waals surface area contributed by atoms with Gasteiger partial charge in [-0.05, 0) is 18.8 Å². The van der Waals surface area contributed by atoms with E-state index in [1.807, 2.05) is 18.2 Å². The van der Waals surface area contributed by atoms with Crippen LogP contribution >= 0.6 is 0 Å². The molecule has 0 saturated carbocycles. The number of hydrogen-bond donors (Lipinski definition) is 1. The van der Waals surface area contributed by atoms with Crippen LogP contribution in [0.15, 0.2) is 23.2 Å². The van der Waals surface area contributed by atoms with Crippen LogP contribution in [0, 0.1) is 5.92 Å². The number of nitrogens with two attached hydrogens (primary N) is 1. The maximum Gasteiger partial charge on any atom is 0.191 e. The fourth-order valence-corrected chi connectivity index (χ4v) is 2.81. The van der Waals surface area contributed by atoms with E-state index in [9.17, 15) is 0 Å². The molecule has 2 N–H and O–H groups in total. The third-order valence-electron chi connectivity index (χ3n) is 4.15. The van der Waals surface area contributed by atoms with Crippen LogP contribution in [0.1, 0.15) is 26.2 Å². The van der Waals surface area contributed by atoms with Gasteiger partial charge in [-0.3, -0.25) is 4.99 Å². The first kappa shape index (κ1) is 18.2. The van der Waals surface area contributed by atoms with Crippen molar-refractivity contribution >= 4 is 5.96 Å². The number of hydrogen-bond acceptors (Lipinski definition) is 4. The van der Waals surface area contributed by atoms with E-state index >= 15 is 0 Å². The van der Waals surface area contributed by atoms with Crippen molar-refractivity contribution < 1.29 is 14.2 Å². The molecule has 0 spiro atoms. The second-order valence-corrected chi connectivity index (χ2v) is 6.18. The molecule has 1 unspecified atom stereocenters. The number of piperidine rings is 1. The smallest absolute Gasteiger partial charge is 0.191 e. The minimum atomic E-state index is 0.573. The van der Waals surface area contributed by atoms with E-state index in [1.54, 1.807) is 14.2 Å². The number of likely N-dealkylation sites (tertiary alicyclic amines) is 1. The van der Waals surface area contributed by atoms with Gasteiger partial charge in [0.2, 0.25) is 0 Å². The lowest BCUT2D eigenvalue weighted by molar-refractivity contribution is 0.269. The summed E-state index contributed by atoms with van der Waals surface area (Å²) in [5, 5.41) is 0. The van der Waals surface area contributed by atoms with Gasteiger partial charge in [-0.2, -0.15) is 0 Å². The summed E-state index contributed by atoms with van der Waals surface area (Å²) in [5.41, 5.74) is 6.08. The highest BCUT2D eigenvalue weighted by Gasteiger charge is 2.17. The van der Waals surface area contributed by atoms with E-state index in [0.717, 1.165) is 25.3 Å². The molecule has 6 nitrogen and oxygen atoms in total. The van der Waals surface area contributed by atoms with Crippen LogP contribution in [0.25, 0.3) is 0 Å². The minimum Gasteiger partial charge on any atom is -0.496 e. The lowest BCUT2D eigenvalue weighted by Crippen LogP contribution is -2.43. The van der Waals surface area contributed by atoms with Gasteiger partial charge in [0, 0.05) is 44.3 Å². The SMILES string of the molecule is COc1cc(OC)cc(OCCCN=C(N)N2CCCC(C)C2)c1. The van der Waals surface area contributed by atoms with E-state index in [-0.39, 0.29) is 0 Å². The predicted octanol–water partition coefficient (Wildman–Crippen LogP) is 2.52. The maximum absolute atomic E-state index is 6.08. The van der Waals surface area contributed by atoms with Crippen LogP contribution in [0.4, 0.5) is 0 Å². The normalized spacial score (nSPS) is 18.4. The molecule has 134 valence electrons. The molecule has 0 aliphatic carbocycles. The molecular weight excluding hydrogens is 306 g/mol. The van der Waals surface area contributed by atoms with Crippen molar-refractivity contribution in [3.63, 3.8) is 0 Å². The van der Waals surface area contributed by atoms with Crippen LogP contribution in [-0.4, -0.2) is 51.3 Å². The second kappa shape index (κ2) is 9.25. The molecule has 1 heterocycles. The first-order valence-electron chi connectivity index (χ1n) is 8.53. The predicted molar refractivity (Wildman–Crippen MR) is 96.1 cm³/mol. The Bertz CT molecular complexity index is 526. The molecular formula is C18H29N3O3. The Morgan fingerprint density at radius 1 is 1.21 bits per heavy atom. The molecule has 0 bridgehead atoms. The summed E-state index contributed by atoms with van der Waals surface area (Å²) >= 11 is 0. The van der Waals surface area contributed by atoms with E-state index < -0.39 is 0 Å². The fraction of sp³-hybridized carbons (Fsp3) is 0.611. The van der Waals surface area contributed by atoms with Crippen molar-refractivity contribution in [2.75, 3.05) is 40.5 Å². The average Bonchev–Trinajstić information content (AvgIpc) is 2.60. The van der Waals surface area contributed by atoms with Crippen LogP contribution in [0.5, 0.6) is 17.2 Å². The zero-order valence-corrected chi connectivity index (χ0v) is 15.0. The third-order valence-corrected chi connectivity index (χ3v) is 4.15. The van der Waals surface area contributed by atoms with Crippen molar-refractivity contribution in [2.24, 2.45) is 16.6 Å². The standard InChI is InChI=1S/C18H29N3O3/c1-14-6-4-8-21(13-14)18(19)20-7-5-9-24-17-11-15(22-2)10-16(12-17)23-3/h10-12,14H,4-9,13H2,1-3H3,(H2,19,20). The van der Waals surface area contributed by atoms with Crippen LogP contribution in [-0.2, 0) is 0 Å². The van der Waals surface area contributed by atoms with E-state index in [2.05, 4.69) is 16.8 Å². The largest absolute Gasteiger partial charge is 0.496 e. The molecule has 1 aromatic rings. The zero-order chi connectivity index (χ0) is 17.4. The van der Waals surface area contributed by atoms with Crippen LogP contribution in [0.3, 0.4) is 0 Å². The quantitative estimate of drug-likeness (QED) is 0.471. The van der Waals surface area contributed by atoms with E-state index in [4.69, 9.17) is 19.9 Å². The van der Waals surface area contributed by atoms with Crippen molar-refractivity contribution in [3.05, 3.63) is 18.2 Å². The summed E-state index contributed by atoms with van der Waals surface area (Å²) in [6.45, 7) is 5.52. The van der Waals surface area contributed by atoms with Crippen molar-refractivity contribution in [1.29, 1.82) is 0 Å². The molecule has 1 atom stereocenters. The topological polar surface area (TPSA) is 69.3 Å². The van der Waals surface area contributed by atoms with Crippen LogP contribution < -0.4 is 19.9 Å². The van der Waals surface area contributed by atoms with Gasteiger partial charge in [0.05, 0.1) is 20.8 Å². The fourth-order valence-electron chi connectivity index (χ4n) is 2.81. The summed E-state index contributed by atoms with van der Waals surface area (Å²) in [6.07, 6.45) is 3.28. The third kappa shape index (κ3) is 5.51. The number of rotatable bonds is 7. The average molecular weight is 335 g/mol. The molecule has 24 heavy (non-hydrogen) atoms. The molecule has 0 amide bonds. The highest BCUT2D eigenvalue weighted by Crippen LogP contribution is 2.27. The molecule has 2 rings (SSSR count). The summed E-state index contributed by atoms with van der Waals surface area (Å²) in [4.78, 5) is 6.65. The highest BCUT2D eigenvalue weighted by molar-refractivity contribution is 5.78. The van der Waals surface area contributed by atoms with Gasteiger partial charge in [0.25, 0.3) is 0 Å². The molecule has 1 aliphatic heterocycles. The number of benzene rings is 1. The van der Waals surface area contributed by atoms with E-state index in [0.29, 0.717) is 36.5 Å². The molecule has 0 aromatic heterocycles. The second-order valence-electron chi connectivity index (χ2n) is 6.18. The number of methoxy groups -OCH3 is 2. The Hall–Kier alpha value is -2.11. The maximum atomic E-state index is 6.08. The number of ether oxygens (including phenoxy) is 3. The first-order chi connectivity index (χ1) is 11.6. The number of aliphatic imine (C=N–C) groups is 1. The summed E-state index contributed by atoms with van der Waals surface area (Å²) in [6, 6.07) is 5.50. The zero-order valence-electron chi connectivity index (χ0n) is 15.0. The Labute approximate surface area is 144 Å². The molecule has 1 fully saturated rings. The van der Waals surface area contributed by atoms with Gasteiger partial charge in [0.1, 0.15) is 17.2 Å². The molecule has 0 radical (unpaired) electrons. The Morgan fingerprint density at radius 3 is 2.50 bits per heavy atom. The molecule has 1 aliphatic rings. The summed E-state index contributed by atoms with van der Waals surface area (Å²) in [5.74, 6) is 3.51. The Morgan fingerprint density at radius 2 is 1.88 bits per heavy atom. The van der Waals surface area contributed by atoms with Crippen molar-refractivity contribution in [1.82, 2.24) is 4.90 Å². The van der Waals surface area contributed by atoms with Gasteiger partial charge in [-0.1, -0.05) is 6.92 Å². The Balaban J connectivity index is 1.75. The van der Waals surface area contributed by atoms with Crippen molar-refractivity contribution in [2.45, 2.75) is 26.2 Å². The lowest BCUT2D eigenvalue weighted by Gasteiger charge is -2.31. The Kier molecular flexibility index (Phi) is 7.03. The summed E-state index contributed by atoms with van der Waals surface area (Å²) < 4.78 is 16.2. The monoisotopic (exact) mass is 335 g/mol. The van der Waals surface area contributed by atoms with Gasteiger partial charge < -0.3 is 24.8 Å². The van der Waals surface area contributed by atoms with Gasteiger partial charge in [0.15, 0.2) is 5.96 Å². The number of guanidine groups is 1. The highest BCUT2D eigenvalue weighted by atomic mass is 16.5. The minimum absolute atomic E-state index is 0.573. The van der Waals surface area contributed by atoms with Gasteiger partial charge in [-0.25, -0.2) is 0 Å². The summed E-state index contributed by atoms with van der Waals surface area (Å²) in [7, 11) is 3.25. The van der Waals surface area contributed by atoms with E-state index in [1.165, 1.54) is 12.8 Å². The molecule has 1 saturated heterocycles.